The zero-order valence-electron chi connectivity index (χ0n) is 15.7. The average Bonchev–Trinajstić information content (AvgIpc) is 2.86. The molecular weight excluding hydrogens is 332 g/mol. The Hall–Kier alpha value is -1.04. The van der Waals surface area contributed by atoms with Crippen molar-refractivity contribution in [3.05, 3.63) is 11.6 Å². The van der Waals surface area contributed by atoms with E-state index in [1.54, 1.807) is 6.08 Å². The molecule has 0 aromatic carbocycles. The highest BCUT2D eigenvalue weighted by atomic mass is 16.4. The molecule has 0 aliphatic heterocycles. The molecule has 5 nitrogen and oxygen atoms in total. The number of Topliss-reactive ketones (excluding diaryl/α,β-unsaturated/α-hetero) is 1. The summed E-state index contributed by atoms with van der Waals surface area (Å²) in [4.78, 5) is 25.2. The molecule has 0 heterocycles. The fourth-order valence-corrected chi connectivity index (χ4v) is 7.12. The van der Waals surface area contributed by atoms with Gasteiger partial charge in [0, 0.05) is 24.2 Å². The molecule has 0 saturated heterocycles. The van der Waals surface area contributed by atoms with Crippen LogP contribution in [0.4, 0.5) is 0 Å². The zero-order valence-corrected chi connectivity index (χ0v) is 15.7. The third-order valence-electron chi connectivity index (χ3n) is 8.59. The number of fused-ring (bicyclic) bond motifs is 5. The Morgan fingerprint density at radius 3 is 2.62 bits per heavy atom. The van der Waals surface area contributed by atoms with Gasteiger partial charge in [0.2, 0.25) is 0 Å². The maximum Gasteiger partial charge on any atom is 0.155 e. The Bertz CT molecular complexity index is 684. The minimum Gasteiger partial charge on any atom is -0.394 e. The molecule has 3 fully saturated rings. The smallest absolute Gasteiger partial charge is 0.155 e. The van der Waals surface area contributed by atoms with Crippen LogP contribution in [0.15, 0.2) is 11.6 Å². The number of aliphatic hydroxyl groups is 3. The van der Waals surface area contributed by atoms with E-state index in [1.165, 1.54) is 0 Å². The summed E-state index contributed by atoms with van der Waals surface area (Å²) in [5.41, 5.74) is -1.22. The molecule has 26 heavy (non-hydrogen) atoms. The molecule has 5 heteroatoms. The first-order chi connectivity index (χ1) is 12.2. The van der Waals surface area contributed by atoms with Crippen LogP contribution in [0.2, 0.25) is 0 Å². The summed E-state index contributed by atoms with van der Waals surface area (Å²) in [5.74, 6) is 0.568. The fraction of sp³-hybridized carbons (Fsp3) is 0.810. The largest absolute Gasteiger partial charge is 0.394 e. The van der Waals surface area contributed by atoms with Gasteiger partial charge < -0.3 is 15.3 Å². The number of allylic oxidation sites excluding steroid dienone is 1. The fourth-order valence-electron chi connectivity index (χ4n) is 7.12. The molecule has 7 atom stereocenters. The molecule has 0 spiro atoms. The predicted molar refractivity (Wildman–Crippen MR) is 95.1 cm³/mol. The van der Waals surface area contributed by atoms with Gasteiger partial charge in [-0.15, -0.1) is 0 Å². The van der Waals surface area contributed by atoms with Crippen LogP contribution < -0.4 is 0 Å². The second-order valence-electron chi connectivity index (χ2n) is 9.56. The monoisotopic (exact) mass is 362 g/mol. The van der Waals surface area contributed by atoms with Crippen molar-refractivity contribution in [2.45, 2.75) is 70.5 Å². The second-order valence-corrected chi connectivity index (χ2v) is 9.56. The van der Waals surface area contributed by atoms with E-state index in [9.17, 15) is 24.9 Å². The number of hydrogen-bond acceptors (Lipinski definition) is 5. The van der Waals surface area contributed by atoms with E-state index in [0.717, 1.165) is 31.3 Å². The standard InChI is InChI=1S/C21H30O5/c1-19-7-5-13(23)9-12(19)3-4-14-15-6-8-21(26,17(25)11-22)20(15,2)10-16(24)18(14)19/h9,14-15,17-18,22,25-26H,3-8,10-11H2,1-2H3/t14-,15-,17+,18+,19+,20+,21-/m1/s1. The van der Waals surface area contributed by atoms with Crippen LogP contribution in [0.1, 0.15) is 58.8 Å². The van der Waals surface area contributed by atoms with Gasteiger partial charge in [0.05, 0.1) is 12.2 Å². The van der Waals surface area contributed by atoms with E-state index in [2.05, 4.69) is 6.92 Å². The van der Waals surface area contributed by atoms with Crippen molar-refractivity contribution >= 4 is 11.6 Å². The zero-order chi connectivity index (χ0) is 18.9. The molecule has 4 aliphatic rings. The highest BCUT2D eigenvalue weighted by Gasteiger charge is 2.68. The van der Waals surface area contributed by atoms with Gasteiger partial charge in [-0.2, -0.15) is 0 Å². The van der Waals surface area contributed by atoms with Crippen molar-refractivity contribution < 1.29 is 24.9 Å². The first kappa shape index (κ1) is 18.3. The van der Waals surface area contributed by atoms with Gasteiger partial charge in [-0.25, -0.2) is 0 Å². The SMILES string of the molecule is C[C@]12CCC(=O)C=C1CC[C@H]1[C@H]2C(=O)C[C@@]2(C)[C@@H]1CC[C@@]2(O)[C@@H](O)CO. The normalized spacial score (nSPS) is 49.1. The molecule has 3 N–H and O–H groups in total. The maximum atomic E-state index is 13.3. The van der Waals surface area contributed by atoms with Crippen LogP contribution >= 0.6 is 0 Å². The van der Waals surface area contributed by atoms with Crippen LogP contribution in [-0.2, 0) is 9.59 Å². The Balaban J connectivity index is 1.74. The third kappa shape index (κ3) is 2.14. The highest BCUT2D eigenvalue weighted by molar-refractivity contribution is 5.93. The molecule has 4 rings (SSSR count). The molecule has 0 unspecified atom stereocenters. The molecule has 0 radical (unpaired) electrons. The lowest BCUT2D eigenvalue weighted by atomic mass is 9.45. The average molecular weight is 362 g/mol. The third-order valence-corrected chi connectivity index (χ3v) is 8.59. The Labute approximate surface area is 154 Å². The molecule has 0 amide bonds. The van der Waals surface area contributed by atoms with Crippen molar-refractivity contribution in [1.82, 2.24) is 0 Å². The number of carbonyl (C=O) groups is 2. The van der Waals surface area contributed by atoms with Gasteiger partial charge in [0.1, 0.15) is 11.9 Å². The summed E-state index contributed by atoms with van der Waals surface area (Å²) in [6.45, 7) is 3.58. The lowest BCUT2D eigenvalue weighted by molar-refractivity contribution is -0.187. The first-order valence-electron chi connectivity index (χ1n) is 9.95. The van der Waals surface area contributed by atoms with Crippen LogP contribution in [0.3, 0.4) is 0 Å². The summed E-state index contributed by atoms with van der Waals surface area (Å²) in [7, 11) is 0. The molecule has 0 bridgehead atoms. The van der Waals surface area contributed by atoms with Gasteiger partial charge in [0.25, 0.3) is 0 Å². The number of aliphatic hydroxyl groups excluding tert-OH is 2. The van der Waals surface area contributed by atoms with Gasteiger partial charge >= 0.3 is 0 Å². The predicted octanol–water partition coefficient (Wildman–Crippen LogP) is 1.78. The van der Waals surface area contributed by atoms with Crippen LogP contribution in [0.5, 0.6) is 0 Å². The van der Waals surface area contributed by atoms with Gasteiger partial charge in [-0.3, -0.25) is 9.59 Å². The molecule has 144 valence electrons. The molecule has 0 aromatic heterocycles. The first-order valence-corrected chi connectivity index (χ1v) is 9.95. The Kier molecular flexibility index (Phi) is 4.04. The summed E-state index contributed by atoms with van der Waals surface area (Å²) in [6, 6.07) is 0. The minimum absolute atomic E-state index is 0.0951. The molecule has 3 saturated carbocycles. The summed E-state index contributed by atoms with van der Waals surface area (Å²) < 4.78 is 0. The summed E-state index contributed by atoms with van der Waals surface area (Å²) in [6.07, 6.45) is 4.93. The van der Waals surface area contributed by atoms with Gasteiger partial charge in [0.15, 0.2) is 5.78 Å². The second kappa shape index (κ2) is 5.73. The molecule has 4 aliphatic carbocycles. The van der Waals surface area contributed by atoms with Crippen molar-refractivity contribution in [3.63, 3.8) is 0 Å². The van der Waals surface area contributed by atoms with E-state index in [-0.39, 0.29) is 41.2 Å². The highest BCUT2D eigenvalue weighted by Crippen LogP contribution is 2.66. The van der Waals surface area contributed by atoms with E-state index in [0.29, 0.717) is 12.8 Å². The van der Waals surface area contributed by atoms with Crippen molar-refractivity contribution in [2.75, 3.05) is 6.61 Å². The Morgan fingerprint density at radius 1 is 1.19 bits per heavy atom. The lowest BCUT2D eigenvalue weighted by Crippen LogP contribution is -2.62. The molecular formula is C21H30O5. The van der Waals surface area contributed by atoms with E-state index >= 15 is 0 Å². The molecule has 0 aromatic rings. The number of hydrogen-bond donors (Lipinski definition) is 3. The van der Waals surface area contributed by atoms with Crippen molar-refractivity contribution in [3.8, 4) is 0 Å². The van der Waals surface area contributed by atoms with Gasteiger partial charge in [-0.1, -0.05) is 19.4 Å². The van der Waals surface area contributed by atoms with Crippen LogP contribution in [-0.4, -0.2) is 45.2 Å². The van der Waals surface area contributed by atoms with Gasteiger partial charge in [-0.05, 0) is 55.4 Å². The quantitative estimate of drug-likeness (QED) is 0.696. The number of rotatable bonds is 2. The van der Waals surface area contributed by atoms with Crippen molar-refractivity contribution in [2.24, 2.45) is 28.6 Å². The van der Waals surface area contributed by atoms with E-state index in [4.69, 9.17) is 0 Å². The number of carbonyl (C=O) groups excluding carboxylic acids is 2. The number of ketones is 2. The topological polar surface area (TPSA) is 94.8 Å². The van der Waals surface area contributed by atoms with Crippen molar-refractivity contribution in [1.29, 1.82) is 0 Å². The van der Waals surface area contributed by atoms with Crippen LogP contribution in [0.25, 0.3) is 0 Å². The summed E-state index contributed by atoms with van der Waals surface area (Å²) >= 11 is 0. The summed E-state index contributed by atoms with van der Waals surface area (Å²) in [5, 5.41) is 31.0. The Morgan fingerprint density at radius 2 is 1.92 bits per heavy atom. The maximum absolute atomic E-state index is 13.3. The van der Waals surface area contributed by atoms with Crippen LogP contribution in [0, 0.1) is 28.6 Å². The lowest BCUT2D eigenvalue weighted by Gasteiger charge is -2.58. The van der Waals surface area contributed by atoms with E-state index in [1.807, 2.05) is 6.92 Å². The van der Waals surface area contributed by atoms with E-state index < -0.39 is 23.7 Å². The minimum atomic E-state index is -1.41.